The third kappa shape index (κ3) is 4.25. The summed E-state index contributed by atoms with van der Waals surface area (Å²) in [6.45, 7) is 12.5. The average Bonchev–Trinajstić information content (AvgIpc) is 2.31. The molecule has 0 aromatic carbocycles. The molecule has 0 radical (unpaired) electrons. The van der Waals surface area contributed by atoms with E-state index in [0.29, 0.717) is 12.1 Å². The molecule has 18 heavy (non-hydrogen) atoms. The number of piperazine rings is 1. The van der Waals surface area contributed by atoms with Crippen LogP contribution < -0.4 is 10.6 Å². The monoisotopic (exact) mass is 255 g/mol. The Morgan fingerprint density at radius 2 is 2.11 bits per heavy atom. The Balaban J connectivity index is 2.51. The summed E-state index contributed by atoms with van der Waals surface area (Å²) in [6, 6.07) is 1.12. The van der Waals surface area contributed by atoms with Gasteiger partial charge in [-0.05, 0) is 34.1 Å². The van der Waals surface area contributed by atoms with Crippen LogP contribution in [0.2, 0.25) is 0 Å². The van der Waals surface area contributed by atoms with Gasteiger partial charge < -0.3 is 10.6 Å². The fraction of sp³-hybridized carbons (Fsp3) is 0.929. The smallest absolute Gasteiger partial charge is 0.237 e. The molecule has 0 bridgehead atoms. The van der Waals surface area contributed by atoms with Crippen LogP contribution in [0.4, 0.5) is 0 Å². The second-order valence-electron chi connectivity index (χ2n) is 5.73. The number of hydrogen-bond acceptors (Lipinski definition) is 3. The first-order valence-electron chi connectivity index (χ1n) is 7.25. The van der Waals surface area contributed by atoms with Crippen LogP contribution in [0.1, 0.15) is 47.5 Å². The van der Waals surface area contributed by atoms with E-state index in [2.05, 4.69) is 43.2 Å². The third-order valence-corrected chi connectivity index (χ3v) is 3.80. The average molecular weight is 255 g/mol. The highest BCUT2D eigenvalue weighted by molar-refractivity contribution is 5.81. The van der Waals surface area contributed by atoms with Crippen LogP contribution in [0.25, 0.3) is 0 Å². The van der Waals surface area contributed by atoms with Gasteiger partial charge in [-0.1, -0.05) is 13.3 Å². The molecule has 4 atom stereocenters. The van der Waals surface area contributed by atoms with E-state index in [4.69, 9.17) is 0 Å². The molecule has 0 aliphatic carbocycles. The summed E-state index contributed by atoms with van der Waals surface area (Å²) in [6.07, 6.45) is 2.16. The Morgan fingerprint density at radius 1 is 1.44 bits per heavy atom. The molecule has 0 spiro atoms. The highest BCUT2D eigenvalue weighted by Gasteiger charge is 2.30. The molecular formula is C14H29N3O. The van der Waals surface area contributed by atoms with Crippen molar-refractivity contribution in [2.45, 2.75) is 71.6 Å². The minimum Gasteiger partial charge on any atom is -0.352 e. The van der Waals surface area contributed by atoms with Gasteiger partial charge >= 0.3 is 0 Å². The summed E-state index contributed by atoms with van der Waals surface area (Å²) in [5, 5.41) is 6.56. The van der Waals surface area contributed by atoms with Crippen molar-refractivity contribution in [1.29, 1.82) is 0 Å². The van der Waals surface area contributed by atoms with Crippen molar-refractivity contribution in [3.8, 4) is 0 Å². The van der Waals surface area contributed by atoms with Gasteiger partial charge in [-0.15, -0.1) is 0 Å². The van der Waals surface area contributed by atoms with E-state index in [1.54, 1.807) is 0 Å². The molecule has 0 aromatic heterocycles. The van der Waals surface area contributed by atoms with Crippen LogP contribution in [-0.4, -0.2) is 48.1 Å². The van der Waals surface area contributed by atoms with Gasteiger partial charge in [0.1, 0.15) is 0 Å². The number of nitrogens with one attached hydrogen (secondary N) is 2. The van der Waals surface area contributed by atoms with Crippen LogP contribution >= 0.6 is 0 Å². The molecule has 1 aliphatic heterocycles. The van der Waals surface area contributed by atoms with Gasteiger partial charge in [0.2, 0.25) is 5.91 Å². The molecular weight excluding hydrogens is 226 g/mol. The first-order chi connectivity index (χ1) is 8.45. The topological polar surface area (TPSA) is 44.4 Å². The van der Waals surface area contributed by atoms with Crippen LogP contribution in [0.15, 0.2) is 0 Å². The van der Waals surface area contributed by atoms with Crippen molar-refractivity contribution in [2.75, 3.05) is 13.1 Å². The van der Waals surface area contributed by atoms with Crippen molar-refractivity contribution < 1.29 is 4.79 Å². The van der Waals surface area contributed by atoms with E-state index in [1.165, 1.54) is 0 Å². The SMILES string of the molecule is CCCC(C)NC(=O)C(C)N1CC(C)NCC1C. The van der Waals surface area contributed by atoms with Gasteiger partial charge in [-0.3, -0.25) is 9.69 Å². The number of amides is 1. The minimum absolute atomic E-state index is 0.0381. The fourth-order valence-corrected chi connectivity index (χ4v) is 2.61. The van der Waals surface area contributed by atoms with Gasteiger partial charge in [-0.2, -0.15) is 0 Å². The van der Waals surface area contributed by atoms with Crippen LogP contribution in [-0.2, 0) is 4.79 Å². The number of rotatable bonds is 5. The molecule has 4 unspecified atom stereocenters. The summed E-state index contributed by atoms with van der Waals surface area (Å²) in [4.78, 5) is 14.5. The van der Waals surface area contributed by atoms with Crippen molar-refractivity contribution in [1.82, 2.24) is 15.5 Å². The zero-order valence-corrected chi connectivity index (χ0v) is 12.5. The zero-order chi connectivity index (χ0) is 13.7. The molecule has 1 fully saturated rings. The predicted octanol–water partition coefficient (Wildman–Crippen LogP) is 1.36. The molecule has 4 heteroatoms. The minimum atomic E-state index is -0.0381. The van der Waals surface area contributed by atoms with Gasteiger partial charge in [0.15, 0.2) is 0 Å². The fourth-order valence-electron chi connectivity index (χ4n) is 2.61. The lowest BCUT2D eigenvalue weighted by Crippen LogP contribution is -2.60. The Hall–Kier alpha value is -0.610. The predicted molar refractivity (Wildman–Crippen MR) is 75.6 cm³/mol. The Bertz CT molecular complexity index is 270. The van der Waals surface area contributed by atoms with Gasteiger partial charge in [0.05, 0.1) is 6.04 Å². The molecule has 0 aromatic rings. The van der Waals surface area contributed by atoms with Crippen LogP contribution in [0.3, 0.4) is 0 Å². The van der Waals surface area contributed by atoms with E-state index in [1.807, 2.05) is 6.92 Å². The molecule has 1 rings (SSSR count). The van der Waals surface area contributed by atoms with Gasteiger partial charge in [-0.25, -0.2) is 0 Å². The molecule has 1 saturated heterocycles. The highest BCUT2D eigenvalue weighted by Crippen LogP contribution is 2.11. The quantitative estimate of drug-likeness (QED) is 0.780. The maximum absolute atomic E-state index is 12.2. The lowest BCUT2D eigenvalue weighted by Gasteiger charge is -2.40. The molecule has 4 nitrogen and oxygen atoms in total. The Kier molecular flexibility index (Phi) is 6.09. The molecule has 1 aliphatic rings. The second-order valence-corrected chi connectivity index (χ2v) is 5.73. The van der Waals surface area contributed by atoms with E-state index < -0.39 is 0 Å². The highest BCUT2D eigenvalue weighted by atomic mass is 16.2. The van der Waals surface area contributed by atoms with Crippen molar-refractivity contribution in [3.05, 3.63) is 0 Å². The maximum atomic E-state index is 12.2. The summed E-state index contributed by atoms with van der Waals surface area (Å²) < 4.78 is 0. The first kappa shape index (κ1) is 15.4. The lowest BCUT2D eigenvalue weighted by atomic mass is 10.1. The number of carbonyl (C=O) groups is 1. The Morgan fingerprint density at radius 3 is 2.72 bits per heavy atom. The summed E-state index contributed by atoms with van der Waals surface area (Å²) in [7, 11) is 0. The molecule has 2 N–H and O–H groups in total. The normalized spacial score (nSPS) is 28.7. The standard InChI is InChI=1S/C14H29N3O/c1-6-7-10(2)16-14(18)13(5)17-9-11(3)15-8-12(17)4/h10-13,15H,6-9H2,1-5H3,(H,16,18). The molecule has 1 heterocycles. The van der Waals surface area contributed by atoms with Crippen molar-refractivity contribution >= 4 is 5.91 Å². The zero-order valence-electron chi connectivity index (χ0n) is 12.5. The first-order valence-corrected chi connectivity index (χ1v) is 7.25. The van der Waals surface area contributed by atoms with E-state index in [-0.39, 0.29) is 18.0 Å². The van der Waals surface area contributed by atoms with E-state index >= 15 is 0 Å². The summed E-state index contributed by atoms with van der Waals surface area (Å²) in [5.74, 6) is 0.164. The molecule has 1 amide bonds. The number of hydrogen-bond donors (Lipinski definition) is 2. The maximum Gasteiger partial charge on any atom is 0.237 e. The van der Waals surface area contributed by atoms with Crippen molar-refractivity contribution in [3.63, 3.8) is 0 Å². The second kappa shape index (κ2) is 7.10. The van der Waals surface area contributed by atoms with Crippen molar-refractivity contribution in [2.24, 2.45) is 0 Å². The number of carbonyl (C=O) groups excluding carboxylic acids is 1. The number of nitrogens with zero attached hydrogens (tertiary/aromatic N) is 1. The Labute approximate surface area is 111 Å². The van der Waals surface area contributed by atoms with Gasteiger partial charge in [0.25, 0.3) is 0 Å². The summed E-state index contributed by atoms with van der Waals surface area (Å²) >= 11 is 0. The van der Waals surface area contributed by atoms with E-state index in [9.17, 15) is 4.79 Å². The third-order valence-electron chi connectivity index (χ3n) is 3.80. The van der Waals surface area contributed by atoms with Gasteiger partial charge in [0, 0.05) is 31.2 Å². The lowest BCUT2D eigenvalue weighted by molar-refractivity contribution is -0.127. The van der Waals surface area contributed by atoms with Crippen LogP contribution in [0.5, 0.6) is 0 Å². The summed E-state index contributed by atoms with van der Waals surface area (Å²) in [5.41, 5.74) is 0. The molecule has 0 saturated carbocycles. The van der Waals surface area contributed by atoms with Crippen LogP contribution in [0, 0.1) is 0 Å². The molecule has 106 valence electrons. The largest absolute Gasteiger partial charge is 0.352 e. The van der Waals surface area contributed by atoms with E-state index in [0.717, 1.165) is 25.9 Å².